The number of nitrogens with zero attached hydrogens (tertiary/aromatic N) is 2. The van der Waals surface area contributed by atoms with Crippen LogP contribution in [0.4, 0.5) is 0 Å². The molecule has 0 saturated heterocycles. The van der Waals surface area contributed by atoms with Crippen LogP contribution < -0.4 is 15.4 Å². The Morgan fingerprint density at radius 1 is 1.56 bits per heavy atom. The van der Waals surface area contributed by atoms with Crippen LogP contribution in [-0.4, -0.2) is 31.6 Å². The second kappa shape index (κ2) is 9.69. The summed E-state index contributed by atoms with van der Waals surface area (Å²) in [5.41, 5.74) is 0.983. The maximum atomic E-state index is 5.16. The third-order valence-corrected chi connectivity index (χ3v) is 2.13. The van der Waals surface area contributed by atoms with Gasteiger partial charge in [0.15, 0.2) is 5.96 Å². The maximum absolute atomic E-state index is 5.16. The number of rotatable bonds is 5. The van der Waals surface area contributed by atoms with E-state index in [1.165, 1.54) is 0 Å². The Balaban J connectivity index is 0.00000289. The molecule has 0 aromatic carbocycles. The van der Waals surface area contributed by atoms with Gasteiger partial charge in [0.2, 0.25) is 5.88 Å². The Bertz CT molecular complexity index is 395. The van der Waals surface area contributed by atoms with E-state index in [1.54, 1.807) is 26.4 Å². The molecule has 1 aromatic heterocycles. The van der Waals surface area contributed by atoms with Crippen molar-refractivity contribution in [3.05, 3.63) is 36.5 Å². The molecule has 0 spiro atoms. The molecule has 0 saturated carbocycles. The van der Waals surface area contributed by atoms with Gasteiger partial charge in [-0.15, -0.1) is 30.6 Å². The lowest BCUT2D eigenvalue weighted by atomic mass is 10.3. The highest BCUT2D eigenvalue weighted by Gasteiger charge is 2.03. The third-order valence-electron chi connectivity index (χ3n) is 2.13. The zero-order chi connectivity index (χ0) is 12.5. The lowest BCUT2D eigenvalue weighted by Gasteiger charge is -2.11. The molecular formula is C12H19IN4O. The molecule has 0 unspecified atom stereocenters. The van der Waals surface area contributed by atoms with E-state index >= 15 is 0 Å². The predicted octanol–water partition coefficient (Wildman–Crippen LogP) is 1.56. The lowest BCUT2D eigenvalue weighted by molar-refractivity contribution is 0.392. The van der Waals surface area contributed by atoms with Crippen LogP contribution in [0.15, 0.2) is 36.0 Å². The maximum Gasteiger partial charge on any atom is 0.218 e. The molecule has 5 nitrogen and oxygen atoms in total. The van der Waals surface area contributed by atoms with Crippen LogP contribution >= 0.6 is 24.0 Å². The molecular weight excluding hydrogens is 343 g/mol. The summed E-state index contributed by atoms with van der Waals surface area (Å²) in [6, 6.07) is 3.83. The Hall–Kier alpha value is -1.31. The van der Waals surface area contributed by atoms with Crippen molar-refractivity contribution in [1.29, 1.82) is 0 Å². The van der Waals surface area contributed by atoms with Gasteiger partial charge in [-0.25, -0.2) is 4.98 Å². The summed E-state index contributed by atoms with van der Waals surface area (Å²) in [6.07, 6.45) is 3.48. The zero-order valence-electron chi connectivity index (χ0n) is 10.6. The van der Waals surface area contributed by atoms with Crippen molar-refractivity contribution < 1.29 is 4.74 Å². The number of methoxy groups -OCH3 is 1. The van der Waals surface area contributed by atoms with E-state index in [-0.39, 0.29) is 24.0 Å². The molecule has 0 aliphatic heterocycles. The molecule has 6 heteroatoms. The summed E-state index contributed by atoms with van der Waals surface area (Å²) in [5, 5.41) is 6.25. The first kappa shape index (κ1) is 16.7. The molecule has 1 rings (SSSR count). The van der Waals surface area contributed by atoms with Gasteiger partial charge < -0.3 is 15.4 Å². The van der Waals surface area contributed by atoms with Crippen LogP contribution in [-0.2, 0) is 6.54 Å². The Morgan fingerprint density at radius 2 is 2.33 bits per heavy atom. The quantitative estimate of drug-likeness (QED) is 0.361. The van der Waals surface area contributed by atoms with E-state index in [0.717, 1.165) is 11.5 Å². The predicted molar refractivity (Wildman–Crippen MR) is 84.6 cm³/mol. The van der Waals surface area contributed by atoms with Crippen LogP contribution in [0, 0.1) is 0 Å². The van der Waals surface area contributed by atoms with E-state index in [9.17, 15) is 0 Å². The van der Waals surface area contributed by atoms with Crippen LogP contribution in [0.3, 0.4) is 0 Å². The number of aliphatic imine (C=N–C) groups is 1. The molecule has 18 heavy (non-hydrogen) atoms. The normalized spacial score (nSPS) is 10.2. The van der Waals surface area contributed by atoms with Gasteiger partial charge in [-0.05, 0) is 6.07 Å². The van der Waals surface area contributed by atoms with E-state index < -0.39 is 0 Å². The van der Waals surface area contributed by atoms with E-state index in [1.807, 2.05) is 12.1 Å². The van der Waals surface area contributed by atoms with Gasteiger partial charge in [-0.3, -0.25) is 4.99 Å². The molecule has 0 aliphatic rings. The summed E-state index contributed by atoms with van der Waals surface area (Å²) in [7, 11) is 3.33. The average Bonchev–Trinajstić information content (AvgIpc) is 2.39. The first-order valence-corrected chi connectivity index (χ1v) is 5.35. The fourth-order valence-corrected chi connectivity index (χ4v) is 1.31. The average molecular weight is 362 g/mol. The Morgan fingerprint density at radius 3 is 2.94 bits per heavy atom. The van der Waals surface area contributed by atoms with Crippen LogP contribution in [0.2, 0.25) is 0 Å². The van der Waals surface area contributed by atoms with Crippen molar-refractivity contribution in [3.63, 3.8) is 0 Å². The molecule has 100 valence electrons. The number of hydrogen-bond acceptors (Lipinski definition) is 3. The van der Waals surface area contributed by atoms with Crippen molar-refractivity contribution >= 4 is 29.9 Å². The number of ether oxygens (including phenoxy) is 1. The van der Waals surface area contributed by atoms with Crippen molar-refractivity contribution in [2.24, 2.45) is 4.99 Å². The van der Waals surface area contributed by atoms with Gasteiger partial charge in [0.05, 0.1) is 7.11 Å². The van der Waals surface area contributed by atoms with Crippen molar-refractivity contribution in [2.45, 2.75) is 6.54 Å². The van der Waals surface area contributed by atoms with E-state index in [4.69, 9.17) is 4.74 Å². The Labute approximate surface area is 125 Å². The smallest absolute Gasteiger partial charge is 0.218 e. The van der Waals surface area contributed by atoms with Crippen molar-refractivity contribution in [1.82, 2.24) is 15.6 Å². The standard InChI is InChI=1S/C12H18N4O.HI/c1-4-7-15-12(13-2)16-9-10-6-5-8-14-11(10)17-3;/h4-6,8H,1,7,9H2,2-3H3,(H2,13,15,16);1H. The van der Waals surface area contributed by atoms with Crippen LogP contribution in [0.1, 0.15) is 5.56 Å². The number of pyridine rings is 1. The SMILES string of the molecule is C=CCNC(=NC)NCc1cccnc1OC.I. The molecule has 1 heterocycles. The third kappa shape index (κ3) is 5.35. The Kier molecular flexibility index (Phi) is 8.99. The number of nitrogens with one attached hydrogen (secondary N) is 2. The summed E-state index contributed by atoms with van der Waals surface area (Å²) < 4.78 is 5.16. The highest BCUT2D eigenvalue weighted by atomic mass is 127. The molecule has 0 radical (unpaired) electrons. The van der Waals surface area contributed by atoms with Crippen molar-refractivity contribution in [2.75, 3.05) is 20.7 Å². The monoisotopic (exact) mass is 362 g/mol. The molecule has 1 aromatic rings. The fraction of sp³-hybridized carbons (Fsp3) is 0.333. The van der Waals surface area contributed by atoms with Gasteiger partial charge >= 0.3 is 0 Å². The lowest BCUT2D eigenvalue weighted by Crippen LogP contribution is -2.36. The molecule has 2 N–H and O–H groups in total. The first-order valence-electron chi connectivity index (χ1n) is 5.35. The molecule has 0 atom stereocenters. The van der Waals surface area contributed by atoms with Gasteiger partial charge in [0.1, 0.15) is 0 Å². The summed E-state index contributed by atoms with van der Waals surface area (Å²) in [6.45, 7) is 4.91. The summed E-state index contributed by atoms with van der Waals surface area (Å²) in [4.78, 5) is 8.21. The highest BCUT2D eigenvalue weighted by molar-refractivity contribution is 14.0. The fourth-order valence-electron chi connectivity index (χ4n) is 1.31. The second-order valence-electron chi connectivity index (χ2n) is 3.27. The largest absolute Gasteiger partial charge is 0.481 e. The van der Waals surface area contributed by atoms with Gasteiger partial charge in [-0.2, -0.15) is 0 Å². The number of halogens is 1. The van der Waals surface area contributed by atoms with Gasteiger partial charge in [0, 0.05) is 31.9 Å². The minimum absolute atomic E-state index is 0. The second-order valence-corrected chi connectivity index (χ2v) is 3.27. The number of hydrogen-bond donors (Lipinski definition) is 2. The topological polar surface area (TPSA) is 58.5 Å². The molecule has 0 aliphatic carbocycles. The van der Waals surface area contributed by atoms with Crippen LogP contribution in [0.5, 0.6) is 5.88 Å². The number of aromatic nitrogens is 1. The minimum Gasteiger partial charge on any atom is -0.481 e. The van der Waals surface area contributed by atoms with Gasteiger partial charge in [0.25, 0.3) is 0 Å². The minimum atomic E-state index is 0. The molecule has 0 bridgehead atoms. The van der Waals surface area contributed by atoms with Crippen molar-refractivity contribution in [3.8, 4) is 5.88 Å². The highest BCUT2D eigenvalue weighted by Crippen LogP contribution is 2.12. The molecule has 0 amide bonds. The summed E-state index contributed by atoms with van der Waals surface area (Å²) >= 11 is 0. The van der Waals surface area contributed by atoms with E-state index in [2.05, 4.69) is 27.2 Å². The van der Waals surface area contributed by atoms with E-state index in [0.29, 0.717) is 19.0 Å². The summed E-state index contributed by atoms with van der Waals surface area (Å²) in [5.74, 6) is 1.34. The first-order chi connectivity index (χ1) is 8.31. The van der Waals surface area contributed by atoms with Gasteiger partial charge in [-0.1, -0.05) is 12.1 Å². The molecule has 0 fully saturated rings. The van der Waals surface area contributed by atoms with Crippen LogP contribution in [0.25, 0.3) is 0 Å². The number of guanidine groups is 1. The zero-order valence-corrected chi connectivity index (χ0v) is 13.0.